The molecule has 0 atom stereocenters. The summed E-state index contributed by atoms with van der Waals surface area (Å²) in [6.45, 7) is 0. The molecule has 2 N–H and O–H groups in total. The summed E-state index contributed by atoms with van der Waals surface area (Å²) < 4.78 is 54.3. The van der Waals surface area contributed by atoms with Crippen molar-refractivity contribution in [3.8, 4) is 0 Å². The molecule has 0 aliphatic carbocycles. The van der Waals surface area contributed by atoms with E-state index in [2.05, 4.69) is 20.3 Å². The van der Waals surface area contributed by atoms with Crippen LogP contribution in [0, 0.1) is 11.6 Å². The van der Waals surface area contributed by atoms with Gasteiger partial charge in [-0.25, -0.2) is 22.2 Å². The van der Waals surface area contributed by atoms with Crippen LogP contribution in [-0.4, -0.2) is 27.9 Å². The van der Waals surface area contributed by atoms with Gasteiger partial charge in [-0.1, -0.05) is 6.07 Å². The van der Waals surface area contributed by atoms with Crippen LogP contribution in [0.5, 0.6) is 0 Å². The average Bonchev–Trinajstić information content (AvgIpc) is 3.24. The lowest BCUT2D eigenvalue weighted by atomic mass is 10.2. The van der Waals surface area contributed by atoms with Gasteiger partial charge in [0.1, 0.15) is 27.1 Å². The second-order valence-corrected chi connectivity index (χ2v) is 9.21. The van der Waals surface area contributed by atoms with E-state index in [1.54, 1.807) is 0 Å². The molecule has 0 aliphatic rings. The molecule has 166 valence electrons. The van der Waals surface area contributed by atoms with Crippen molar-refractivity contribution in [1.29, 1.82) is 0 Å². The maximum absolute atomic E-state index is 14.2. The number of aromatic nitrogens is 4. The first kappa shape index (κ1) is 20.8. The molecule has 0 fully saturated rings. The molecule has 0 bridgehead atoms. The first-order valence-corrected chi connectivity index (χ1v) is 11.1. The highest BCUT2D eigenvalue weighted by Gasteiger charge is 2.27. The van der Waals surface area contributed by atoms with Gasteiger partial charge >= 0.3 is 0 Å². The Kier molecular flexibility index (Phi) is 4.71. The van der Waals surface area contributed by atoms with Gasteiger partial charge in [-0.2, -0.15) is 4.98 Å². The Morgan fingerprint density at radius 1 is 1.00 bits per heavy atom. The van der Waals surface area contributed by atoms with Crippen molar-refractivity contribution in [3.63, 3.8) is 0 Å². The number of hydrogen-bond donors (Lipinski definition) is 2. The molecular formula is C22H15F2N5O3S. The van der Waals surface area contributed by atoms with Gasteiger partial charge in [0, 0.05) is 42.1 Å². The number of rotatable bonds is 4. The first-order chi connectivity index (χ1) is 15.7. The number of aromatic amines is 1. The fourth-order valence-electron chi connectivity index (χ4n) is 3.54. The van der Waals surface area contributed by atoms with Crippen LogP contribution < -0.4 is 10.9 Å². The highest BCUT2D eigenvalue weighted by atomic mass is 32.2. The molecule has 0 unspecified atom stereocenters. The summed E-state index contributed by atoms with van der Waals surface area (Å²) in [5.74, 6) is -2.02. The number of anilines is 2. The maximum Gasteiger partial charge on any atom is 0.271 e. The second-order valence-electron chi connectivity index (χ2n) is 7.33. The van der Waals surface area contributed by atoms with E-state index in [-0.39, 0.29) is 17.0 Å². The number of nitrogens with one attached hydrogen (secondary N) is 2. The van der Waals surface area contributed by atoms with Crippen molar-refractivity contribution in [2.24, 2.45) is 7.05 Å². The Bertz CT molecular complexity index is 1730. The Hall–Kier alpha value is -4.12. The molecule has 0 amide bonds. The molecule has 3 aromatic heterocycles. The first-order valence-electron chi connectivity index (χ1n) is 9.65. The van der Waals surface area contributed by atoms with Gasteiger partial charge in [0.2, 0.25) is 15.8 Å². The van der Waals surface area contributed by atoms with Crippen LogP contribution in [0.3, 0.4) is 0 Å². The third-order valence-electron chi connectivity index (χ3n) is 5.20. The van der Waals surface area contributed by atoms with E-state index in [1.165, 1.54) is 13.2 Å². The SMILES string of the molecule is Cn1c(=O)c(S(=O)(=O)c2ccc(F)cc2F)cc2cnc(Nc3ccc4cc[nH]c4c3)nc21. The van der Waals surface area contributed by atoms with Crippen molar-refractivity contribution < 1.29 is 17.2 Å². The monoisotopic (exact) mass is 467 g/mol. The van der Waals surface area contributed by atoms with E-state index < -0.39 is 36.8 Å². The molecule has 11 heteroatoms. The van der Waals surface area contributed by atoms with Gasteiger partial charge in [-0.15, -0.1) is 0 Å². The van der Waals surface area contributed by atoms with Gasteiger partial charge in [0.15, 0.2) is 0 Å². The molecule has 0 saturated heterocycles. The number of hydrogen-bond acceptors (Lipinski definition) is 6. The van der Waals surface area contributed by atoms with Crippen molar-refractivity contribution in [3.05, 3.63) is 82.9 Å². The molecule has 0 radical (unpaired) electrons. The standard InChI is InChI=1S/C22H15F2N5O3S/c1-29-20-13(8-19(21(29)30)33(31,32)18-5-3-14(23)9-16(18)24)11-26-22(28-20)27-15-4-2-12-6-7-25-17(12)10-15/h2-11,25H,1H3,(H,26,27,28). The third kappa shape index (κ3) is 3.52. The molecule has 5 rings (SSSR count). The lowest BCUT2D eigenvalue weighted by Crippen LogP contribution is -2.25. The van der Waals surface area contributed by atoms with E-state index in [4.69, 9.17) is 0 Å². The lowest BCUT2D eigenvalue weighted by Gasteiger charge is -2.11. The zero-order valence-electron chi connectivity index (χ0n) is 17.0. The number of fused-ring (bicyclic) bond motifs is 2. The molecule has 0 spiro atoms. The summed E-state index contributed by atoms with van der Waals surface area (Å²) in [6.07, 6.45) is 3.18. The normalized spacial score (nSPS) is 11.8. The average molecular weight is 467 g/mol. The van der Waals surface area contributed by atoms with Crippen LogP contribution in [0.15, 0.2) is 75.5 Å². The van der Waals surface area contributed by atoms with Gasteiger partial charge in [-0.05, 0) is 41.8 Å². The fourth-order valence-corrected chi connectivity index (χ4v) is 4.98. The Morgan fingerprint density at radius 3 is 2.61 bits per heavy atom. The van der Waals surface area contributed by atoms with E-state index in [9.17, 15) is 22.0 Å². The molecule has 2 aromatic carbocycles. The van der Waals surface area contributed by atoms with E-state index >= 15 is 0 Å². The molecule has 3 heterocycles. The molecule has 33 heavy (non-hydrogen) atoms. The maximum atomic E-state index is 14.2. The van der Waals surface area contributed by atoms with Gasteiger partial charge in [0.25, 0.3) is 5.56 Å². The summed E-state index contributed by atoms with van der Waals surface area (Å²) in [5.41, 5.74) is 0.900. The van der Waals surface area contributed by atoms with Gasteiger partial charge in [-0.3, -0.25) is 9.36 Å². The third-order valence-corrected chi connectivity index (χ3v) is 6.98. The number of benzene rings is 2. The number of H-pyrrole nitrogens is 1. The summed E-state index contributed by atoms with van der Waals surface area (Å²) >= 11 is 0. The van der Waals surface area contributed by atoms with Crippen molar-refractivity contribution in [2.75, 3.05) is 5.32 Å². The summed E-state index contributed by atoms with van der Waals surface area (Å²) in [6, 6.07) is 10.7. The smallest absolute Gasteiger partial charge is 0.271 e. The van der Waals surface area contributed by atoms with Gasteiger partial charge < -0.3 is 10.3 Å². The largest absolute Gasteiger partial charge is 0.361 e. The second kappa shape index (κ2) is 7.48. The van der Waals surface area contributed by atoms with Crippen molar-refractivity contribution >= 4 is 43.4 Å². The molecule has 8 nitrogen and oxygen atoms in total. The van der Waals surface area contributed by atoms with Crippen molar-refractivity contribution in [2.45, 2.75) is 9.79 Å². The van der Waals surface area contributed by atoms with E-state index in [0.29, 0.717) is 11.8 Å². The lowest BCUT2D eigenvalue weighted by molar-refractivity contribution is 0.548. The molecule has 5 aromatic rings. The zero-order valence-corrected chi connectivity index (χ0v) is 17.8. The fraction of sp³-hybridized carbons (Fsp3) is 0.0455. The number of halogens is 2. The number of sulfone groups is 1. The van der Waals surface area contributed by atoms with Crippen molar-refractivity contribution in [1.82, 2.24) is 19.5 Å². The van der Waals surface area contributed by atoms with Crippen LogP contribution in [0.25, 0.3) is 21.9 Å². The van der Waals surface area contributed by atoms with Crippen LogP contribution in [0.4, 0.5) is 20.4 Å². The van der Waals surface area contributed by atoms with E-state index in [0.717, 1.165) is 33.7 Å². The van der Waals surface area contributed by atoms with Crippen LogP contribution in [0.2, 0.25) is 0 Å². The molecule has 0 saturated carbocycles. The number of aryl methyl sites for hydroxylation is 1. The topological polar surface area (TPSA) is 110 Å². The van der Waals surface area contributed by atoms with E-state index in [1.807, 2.05) is 30.5 Å². The predicted molar refractivity (Wildman–Crippen MR) is 118 cm³/mol. The molecule has 0 aliphatic heterocycles. The number of pyridine rings is 1. The summed E-state index contributed by atoms with van der Waals surface area (Å²) in [7, 11) is -3.20. The highest BCUT2D eigenvalue weighted by Crippen LogP contribution is 2.25. The minimum Gasteiger partial charge on any atom is -0.361 e. The van der Waals surface area contributed by atoms with Crippen LogP contribution >= 0.6 is 0 Å². The zero-order chi connectivity index (χ0) is 23.3. The Morgan fingerprint density at radius 2 is 1.82 bits per heavy atom. The highest BCUT2D eigenvalue weighted by molar-refractivity contribution is 7.91. The summed E-state index contributed by atoms with van der Waals surface area (Å²) in [5, 5.41) is 4.34. The minimum absolute atomic E-state index is 0.178. The Balaban J connectivity index is 1.58. The minimum atomic E-state index is -4.55. The van der Waals surface area contributed by atoms with Crippen LogP contribution in [-0.2, 0) is 16.9 Å². The predicted octanol–water partition coefficient (Wildman–Crippen LogP) is 3.66. The Labute approximate surface area is 185 Å². The number of nitrogens with zero attached hydrogens (tertiary/aromatic N) is 3. The summed E-state index contributed by atoms with van der Waals surface area (Å²) in [4.78, 5) is 23.1. The quantitative estimate of drug-likeness (QED) is 0.391. The van der Waals surface area contributed by atoms with Gasteiger partial charge in [0.05, 0.1) is 0 Å². The van der Waals surface area contributed by atoms with Crippen LogP contribution in [0.1, 0.15) is 0 Å². The molecular weight excluding hydrogens is 452 g/mol.